The molecule has 0 aromatic heterocycles. The van der Waals surface area contributed by atoms with Crippen LogP contribution in [0.4, 0.5) is 0 Å². The van der Waals surface area contributed by atoms with Crippen LogP contribution in [-0.2, 0) is 4.79 Å². The standard InChI is InChI=1S/C16H36N.C8H16O2S2/c1-5-9-13-17(14-10-6-2,15-11-7-3)16-12-8-4;9-8(10)4-2-1-3-7(12)5-6-11/h5-16H2,1-4H3;7,11-12H,1-6H2,(H,9,10)/q+1;/p-1. The molecule has 29 heavy (non-hydrogen) atoms. The second-order valence-electron chi connectivity index (χ2n) is 8.43. The number of hydrogen-bond acceptors (Lipinski definition) is 4. The Labute approximate surface area is 193 Å². The average Bonchev–Trinajstić information content (AvgIpc) is 2.71. The Morgan fingerprint density at radius 3 is 1.48 bits per heavy atom. The van der Waals surface area contributed by atoms with E-state index in [1.165, 1.54) is 82.0 Å². The topological polar surface area (TPSA) is 40.1 Å². The molecule has 176 valence electrons. The van der Waals surface area contributed by atoms with Crippen LogP contribution >= 0.6 is 25.3 Å². The highest BCUT2D eigenvalue weighted by atomic mass is 32.1. The van der Waals surface area contributed by atoms with Crippen molar-refractivity contribution in [2.45, 2.75) is 116 Å². The Hall–Kier alpha value is 0.130. The third-order valence-electron chi connectivity index (χ3n) is 5.57. The predicted molar refractivity (Wildman–Crippen MR) is 134 cm³/mol. The first-order chi connectivity index (χ1) is 13.9. The van der Waals surface area contributed by atoms with E-state index in [1.807, 2.05) is 0 Å². The predicted octanol–water partition coefficient (Wildman–Crippen LogP) is 5.92. The Bertz CT molecular complexity index is 316. The van der Waals surface area contributed by atoms with E-state index in [0.29, 0.717) is 11.7 Å². The number of quaternary nitrogens is 1. The molecule has 0 amide bonds. The second kappa shape index (κ2) is 22.8. The van der Waals surface area contributed by atoms with Crippen LogP contribution in [-0.4, -0.2) is 47.6 Å². The van der Waals surface area contributed by atoms with Crippen LogP contribution in [0, 0.1) is 0 Å². The highest BCUT2D eigenvalue weighted by Gasteiger charge is 2.24. The van der Waals surface area contributed by atoms with Gasteiger partial charge in [0.15, 0.2) is 0 Å². The van der Waals surface area contributed by atoms with E-state index in [9.17, 15) is 9.90 Å². The van der Waals surface area contributed by atoms with Crippen LogP contribution in [0.2, 0.25) is 0 Å². The van der Waals surface area contributed by atoms with Gasteiger partial charge in [-0.3, -0.25) is 0 Å². The zero-order chi connectivity index (χ0) is 22.4. The highest BCUT2D eigenvalue weighted by Crippen LogP contribution is 2.16. The number of carboxylic acid groups (broad SMARTS) is 1. The summed E-state index contributed by atoms with van der Waals surface area (Å²) >= 11 is 8.41. The summed E-state index contributed by atoms with van der Waals surface area (Å²) in [6.45, 7) is 15.0. The summed E-state index contributed by atoms with van der Waals surface area (Å²) in [6, 6.07) is 0. The molecule has 0 radical (unpaired) electrons. The van der Waals surface area contributed by atoms with Crippen molar-refractivity contribution < 1.29 is 14.4 Å². The molecule has 0 spiro atoms. The normalized spacial score (nSPS) is 12.3. The minimum atomic E-state index is -0.958. The van der Waals surface area contributed by atoms with Crippen molar-refractivity contribution in [3.8, 4) is 0 Å². The van der Waals surface area contributed by atoms with Crippen molar-refractivity contribution in [1.29, 1.82) is 0 Å². The number of hydrogen-bond donors (Lipinski definition) is 2. The first kappa shape index (κ1) is 31.3. The van der Waals surface area contributed by atoms with Crippen molar-refractivity contribution in [2.24, 2.45) is 0 Å². The number of nitrogens with zero attached hydrogens (tertiary/aromatic N) is 1. The Morgan fingerprint density at radius 1 is 0.759 bits per heavy atom. The van der Waals surface area contributed by atoms with Gasteiger partial charge in [0.2, 0.25) is 0 Å². The Kier molecular flexibility index (Phi) is 24.6. The summed E-state index contributed by atoms with van der Waals surface area (Å²) in [5.74, 6) is -0.116. The zero-order valence-electron chi connectivity index (χ0n) is 20.0. The number of rotatable bonds is 19. The van der Waals surface area contributed by atoms with Crippen LogP contribution in [0.25, 0.3) is 0 Å². The Balaban J connectivity index is 0. The maximum absolute atomic E-state index is 10.0. The van der Waals surface area contributed by atoms with Crippen molar-refractivity contribution in [2.75, 3.05) is 31.9 Å². The molecule has 0 aliphatic rings. The van der Waals surface area contributed by atoms with Gasteiger partial charge in [0.1, 0.15) is 0 Å². The Morgan fingerprint density at radius 2 is 1.17 bits per heavy atom. The van der Waals surface area contributed by atoms with Gasteiger partial charge in [0, 0.05) is 11.2 Å². The summed E-state index contributed by atoms with van der Waals surface area (Å²) in [7, 11) is 0. The summed E-state index contributed by atoms with van der Waals surface area (Å²) in [4.78, 5) is 10.0. The summed E-state index contributed by atoms with van der Waals surface area (Å²) < 4.78 is 1.42. The molecule has 1 unspecified atom stereocenters. The third-order valence-corrected chi connectivity index (χ3v) is 6.35. The molecule has 0 aliphatic carbocycles. The number of carboxylic acids is 1. The quantitative estimate of drug-likeness (QED) is 0.146. The van der Waals surface area contributed by atoms with Crippen molar-refractivity contribution in [1.82, 2.24) is 0 Å². The van der Waals surface area contributed by atoms with Crippen LogP contribution < -0.4 is 5.11 Å². The van der Waals surface area contributed by atoms with Gasteiger partial charge in [-0.1, -0.05) is 59.8 Å². The zero-order valence-corrected chi connectivity index (χ0v) is 21.8. The fourth-order valence-electron chi connectivity index (χ4n) is 3.59. The molecule has 0 bridgehead atoms. The number of carbonyl (C=O) groups is 1. The molecule has 0 saturated carbocycles. The van der Waals surface area contributed by atoms with E-state index in [1.54, 1.807) is 0 Å². The second-order valence-corrected chi connectivity index (χ2v) is 9.61. The van der Waals surface area contributed by atoms with E-state index in [-0.39, 0.29) is 6.42 Å². The van der Waals surface area contributed by atoms with Crippen LogP contribution in [0.1, 0.15) is 111 Å². The lowest BCUT2D eigenvalue weighted by Gasteiger charge is -2.39. The van der Waals surface area contributed by atoms with Crippen molar-refractivity contribution >= 4 is 31.2 Å². The molecule has 0 aromatic rings. The van der Waals surface area contributed by atoms with Gasteiger partial charge in [-0.05, 0) is 57.1 Å². The minimum Gasteiger partial charge on any atom is -0.550 e. The molecule has 0 saturated heterocycles. The van der Waals surface area contributed by atoms with Gasteiger partial charge in [-0.15, -0.1) is 0 Å². The lowest BCUT2D eigenvalue weighted by molar-refractivity contribution is -0.929. The fourth-order valence-corrected chi connectivity index (χ4v) is 4.41. The number of aliphatic carboxylic acids is 1. The van der Waals surface area contributed by atoms with E-state index in [0.717, 1.165) is 25.0 Å². The third kappa shape index (κ3) is 21.2. The van der Waals surface area contributed by atoms with Gasteiger partial charge in [-0.25, -0.2) is 0 Å². The largest absolute Gasteiger partial charge is 0.550 e. The first-order valence-corrected chi connectivity index (χ1v) is 13.4. The van der Waals surface area contributed by atoms with E-state index >= 15 is 0 Å². The monoisotopic (exact) mass is 449 g/mol. The highest BCUT2D eigenvalue weighted by molar-refractivity contribution is 7.81. The van der Waals surface area contributed by atoms with E-state index < -0.39 is 5.97 Å². The molecule has 5 heteroatoms. The summed E-state index contributed by atoms with van der Waals surface area (Å²) in [5, 5.41) is 10.4. The van der Waals surface area contributed by atoms with Crippen LogP contribution in [0.5, 0.6) is 0 Å². The van der Waals surface area contributed by atoms with E-state index in [2.05, 4.69) is 53.0 Å². The first-order valence-electron chi connectivity index (χ1n) is 12.2. The van der Waals surface area contributed by atoms with Crippen molar-refractivity contribution in [3.05, 3.63) is 0 Å². The van der Waals surface area contributed by atoms with Crippen molar-refractivity contribution in [3.63, 3.8) is 0 Å². The molecular weight excluding hydrogens is 398 g/mol. The molecule has 0 rings (SSSR count). The molecule has 1 atom stereocenters. The average molecular weight is 450 g/mol. The van der Waals surface area contributed by atoms with Gasteiger partial charge in [0.25, 0.3) is 0 Å². The van der Waals surface area contributed by atoms with Crippen LogP contribution in [0.15, 0.2) is 0 Å². The fraction of sp³-hybridized carbons (Fsp3) is 0.958. The SMILES string of the molecule is CCCC[N+](CCCC)(CCCC)CCCC.O=C([O-])CCCCC(S)CCS. The van der Waals surface area contributed by atoms with E-state index in [4.69, 9.17) is 0 Å². The number of carbonyl (C=O) groups excluding carboxylic acids is 1. The number of unbranched alkanes of at least 4 members (excludes halogenated alkanes) is 5. The molecule has 3 nitrogen and oxygen atoms in total. The molecule has 0 aromatic carbocycles. The van der Waals surface area contributed by atoms with Gasteiger partial charge < -0.3 is 14.4 Å². The maximum Gasteiger partial charge on any atom is 0.0786 e. The maximum atomic E-state index is 10.0. The smallest absolute Gasteiger partial charge is 0.0786 e. The van der Waals surface area contributed by atoms with Crippen LogP contribution in [0.3, 0.4) is 0 Å². The molecular formula is C24H51NO2S2. The number of thiol groups is 2. The molecule has 0 fully saturated rings. The lowest BCUT2D eigenvalue weighted by Crippen LogP contribution is -2.50. The summed E-state index contributed by atoms with van der Waals surface area (Å²) in [6.07, 6.45) is 14.8. The van der Waals surface area contributed by atoms with Gasteiger partial charge in [0.05, 0.1) is 26.2 Å². The molecule has 0 heterocycles. The molecule has 0 aliphatic heterocycles. The van der Waals surface area contributed by atoms with Gasteiger partial charge >= 0.3 is 0 Å². The summed E-state index contributed by atoms with van der Waals surface area (Å²) in [5.41, 5.74) is 0. The lowest BCUT2D eigenvalue weighted by atomic mass is 10.1. The minimum absolute atomic E-state index is 0.168. The van der Waals surface area contributed by atoms with Gasteiger partial charge in [-0.2, -0.15) is 25.3 Å². The molecule has 0 N–H and O–H groups in total.